The molecule has 0 bridgehead atoms. The van der Waals surface area contributed by atoms with E-state index in [2.05, 4.69) is 10.5 Å². The van der Waals surface area contributed by atoms with Crippen molar-refractivity contribution in [3.05, 3.63) is 57.6 Å². The Morgan fingerprint density at radius 1 is 1.17 bits per heavy atom. The molecule has 23 heavy (non-hydrogen) atoms. The molecule has 5 nitrogen and oxygen atoms in total. The first-order valence-corrected chi connectivity index (χ1v) is 7.53. The molecule has 0 aliphatic rings. The molecule has 2 aromatic rings. The number of benzene rings is 2. The Kier molecular flexibility index (Phi) is 5.47. The minimum Gasteiger partial charge on any atom is -0.507 e. The molecule has 0 spiro atoms. The normalized spacial score (nSPS) is 11.3. The molecule has 0 aromatic heterocycles. The topological polar surface area (TPSA) is 81.9 Å². The quantitative estimate of drug-likeness (QED) is 0.575. The van der Waals surface area contributed by atoms with E-state index < -0.39 is 5.91 Å². The average molecular weight is 353 g/mol. The molecule has 0 radical (unpaired) electrons. The highest BCUT2D eigenvalue weighted by Gasteiger charge is 2.14. The van der Waals surface area contributed by atoms with Crippen LogP contribution in [0.25, 0.3) is 0 Å². The van der Waals surface area contributed by atoms with E-state index in [1.807, 2.05) is 0 Å². The van der Waals surface area contributed by atoms with Gasteiger partial charge in [0, 0.05) is 10.6 Å². The minimum atomic E-state index is -0.568. The van der Waals surface area contributed by atoms with E-state index in [1.165, 1.54) is 24.3 Å². The van der Waals surface area contributed by atoms with E-state index in [0.717, 1.165) is 0 Å². The molecule has 0 aliphatic carbocycles. The van der Waals surface area contributed by atoms with E-state index in [4.69, 9.17) is 23.2 Å². The van der Waals surface area contributed by atoms with E-state index in [0.29, 0.717) is 22.7 Å². The second-order valence-corrected chi connectivity index (χ2v) is 5.50. The van der Waals surface area contributed by atoms with E-state index >= 15 is 0 Å². The molecule has 0 fully saturated rings. The van der Waals surface area contributed by atoms with Gasteiger partial charge in [0.1, 0.15) is 11.5 Å². The first-order chi connectivity index (χ1) is 10.9. The van der Waals surface area contributed by atoms with Crippen LogP contribution in [0.15, 0.2) is 41.5 Å². The van der Waals surface area contributed by atoms with Crippen LogP contribution in [0.2, 0.25) is 10.0 Å². The third kappa shape index (κ3) is 3.94. The largest absolute Gasteiger partial charge is 0.507 e. The van der Waals surface area contributed by atoms with Crippen molar-refractivity contribution < 1.29 is 15.0 Å². The second-order valence-electron chi connectivity index (χ2n) is 4.65. The van der Waals surface area contributed by atoms with Gasteiger partial charge in [0.2, 0.25) is 0 Å². The number of hydrazone groups is 1. The smallest absolute Gasteiger partial charge is 0.275 e. The number of carbonyl (C=O) groups excluding carboxylic acids is 1. The number of para-hydroxylation sites is 1. The molecule has 0 unspecified atom stereocenters. The minimum absolute atomic E-state index is 0.0973. The second kappa shape index (κ2) is 7.35. The summed E-state index contributed by atoms with van der Waals surface area (Å²) in [5.41, 5.74) is 3.18. The van der Waals surface area contributed by atoms with Crippen molar-refractivity contribution in [2.45, 2.75) is 13.3 Å². The molecule has 0 saturated heterocycles. The van der Waals surface area contributed by atoms with Gasteiger partial charge >= 0.3 is 0 Å². The van der Waals surface area contributed by atoms with Crippen molar-refractivity contribution in [1.82, 2.24) is 5.43 Å². The number of hydrogen-bond donors (Lipinski definition) is 3. The van der Waals surface area contributed by atoms with Gasteiger partial charge in [-0.05, 0) is 30.7 Å². The Bertz CT molecular complexity index is 776. The zero-order chi connectivity index (χ0) is 17.0. The third-order valence-electron chi connectivity index (χ3n) is 3.12. The molecule has 120 valence electrons. The molecule has 0 atom stereocenters. The van der Waals surface area contributed by atoms with Gasteiger partial charge in [0.25, 0.3) is 5.91 Å². The highest BCUT2D eigenvalue weighted by Crippen LogP contribution is 2.32. The van der Waals surface area contributed by atoms with Gasteiger partial charge in [-0.25, -0.2) is 5.43 Å². The predicted octanol–water partition coefficient (Wildman–Crippen LogP) is 3.95. The summed E-state index contributed by atoms with van der Waals surface area (Å²) >= 11 is 11.8. The van der Waals surface area contributed by atoms with E-state index in [1.54, 1.807) is 19.1 Å². The highest BCUT2D eigenvalue weighted by molar-refractivity contribution is 6.36. The fourth-order valence-electron chi connectivity index (χ4n) is 1.96. The molecular formula is C16H14Cl2N2O3. The number of rotatable bonds is 4. The van der Waals surface area contributed by atoms with Gasteiger partial charge in [-0.1, -0.05) is 42.3 Å². The van der Waals surface area contributed by atoms with E-state index in [9.17, 15) is 15.0 Å². The van der Waals surface area contributed by atoms with Crippen LogP contribution in [0.5, 0.6) is 11.5 Å². The number of amides is 1. The van der Waals surface area contributed by atoms with Crippen LogP contribution in [-0.2, 0) is 0 Å². The molecule has 2 rings (SSSR count). The van der Waals surface area contributed by atoms with Crippen molar-refractivity contribution in [3.8, 4) is 11.5 Å². The molecule has 0 aliphatic heterocycles. The fourth-order valence-corrected chi connectivity index (χ4v) is 2.45. The lowest BCUT2D eigenvalue weighted by Gasteiger charge is -2.09. The van der Waals surface area contributed by atoms with Crippen LogP contribution in [0, 0.1) is 0 Å². The summed E-state index contributed by atoms with van der Waals surface area (Å²) in [6.07, 6.45) is 0.422. The van der Waals surface area contributed by atoms with E-state index in [-0.39, 0.29) is 22.1 Å². The Morgan fingerprint density at radius 2 is 1.87 bits per heavy atom. The molecule has 1 amide bonds. The Morgan fingerprint density at radius 3 is 2.52 bits per heavy atom. The first kappa shape index (κ1) is 17.1. The summed E-state index contributed by atoms with van der Waals surface area (Å²) in [6.45, 7) is 1.80. The summed E-state index contributed by atoms with van der Waals surface area (Å²) in [6, 6.07) is 9.04. The number of halogens is 2. The van der Waals surface area contributed by atoms with Gasteiger partial charge in [-0.15, -0.1) is 0 Å². The lowest BCUT2D eigenvalue weighted by molar-refractivity contribution is 0.0952. The van der Waals surface area contributed by atoms with Crippen molar-refractivity contribution >= 4 is 34.8 Å². The average Bonchev–Trinajstić information content (AvgIpc) is 2.52. The zero-order valence-corrected chi connectivity index (χ0v) is 13.7. The Balaban J connectivity index is 2.30. The van der Waals surface area contributed by atoms with Gasteiger partial charge in [-0.2, -0.15) is 5.10 Å². The van der Waals surface area contributed by atoms with Crippen LogP contribution in [0.1, 0.15) is 29.3 Å². The number of nitrogens with one attached hydrogen (secondary N) is 1. The van der Waals surface area contributed by atoms with Gasteiger partial charge in [0.05, 0.1) is 16.3 Å². The third-order valence-corrected chi connectivity index (χ3v) is 3.62. The van der Waals surface area contributed by atoms with Crippen LogP contribution < -0.4 is 5.43 Å². The first-order valence-electron chi connectivity index (χ1n) is 6.77. The summed E-state index contributed by atoms with van der Waals surface area (Å²) in [5.74, 6) is -0.873. The van der Waals surface area contributed by atoms with Crippen molar-refractivity contribution in [1.29, 1.82) is 0 Å². The summed E-state index contributed by atoms with van der Waals surface area (Å²) in [7, 11) is 0. The number of phenols is 2. The van der Waals surface area contributed by atoms with Gasteiger partial charge in [0.15, 0.2) is 0 Å². The van der Waals surface area contributed by atoms with Crippen LogP contribution in [0.4, 0.5) is 0 Å². The monoisotopic (exact) mass is 352 g/mol. The number of hydrogen-bond acceptors (Lipinski definition) is 4. The summed E-state index contributed by atoms with van der Waals surface area (Å²) in [5, 5.41) is 24.1. The fraction of sp³-hybridized carbons (Fsp3) is 0.125. The number of phenolic OH excluding ortho intramolecular Hbond substituents is 2. The SMILES string of the molecule is CC/C(=N\NC(=O)c1ccccc1O)c1cc(Cl)cc(Cl)c1O. The maximum absolute atomic E-state index is 12.0. The Hall–Kier alpha value is -2.24. The summed E-state index contributed by atoms with van der Waals surface area (Å²) in [4.78, 5) is 12.0. The van der Waals surface area contributed by atoms with Crippen molar-refractivity contribution in [2.75, 3.05) is 0 Å². The number of aromatic hydroxyl groups is 2. The molecule has 0 heterocycles. The molecular weight excluding hydrogens is 339 g/mol. The van der Waals surface area contributed by atoms with Gasteiger partial charge < -0.3 is 10.2 Å². The number of carbonyl (C=O) groups is 1. The zero-order valence-electron chi connectivity index (χ0n) is 12.2. The lowest BCUT2D eigenvalue weighted by Crippen LogP contribution is -2.20. The van der Waals surface area contributed by atoms with Crippen LogP contribution in [-0.4, -0.2) is 21.8 Å². The van der Waals surface area contributed by atoms with Crippen LogP contribution >= 0.6 is 23.2 Å². The molecule has 0 saturated carbocycles. The van der Waals surface area contributed by atoms with Crippen LogP contribution in [0.3, 0.4) is 0 Å². The van der Waals surface area contributed by atoms with Crippen molar-refractivity contribution in [3.63, 3.8) is 0 Å². The van der Waals surface area contributed by atoms with Gasteiger partial charge in [-0.3, -0.25) is 4.79 Å². The molecule has 3 N–H and O–H groups in total. The summed E-state index contributed by atoms with van der Waals surface area (Å²) < 4.78 is 0. The van der Waals surface area contributed by atoms with Crippen molar-refractivity contribution in [2.24, 2.45) is 5.10 Å². The maximum atomic E-state index is 12.0. The Labute approximate surface area is 143 Å². The lowest BCUT2D eigenvalue weighted by atomic mass is 10.1. The molecule has 7 heteroatoms. The maximum Gasteiger partial charge on any atom is 0.275 e. The number of nitrogens with zero attached hydrogens (tertiary/aromatic N) is 1. The highest BCUT2D eigenvalue weighted by atomic mass is 35.5. The predicted molar refractivity (Wildman–Crippen MR) is 90.5 cm³/mol. The molecule has 2 aromatic carbocycles. The standard InChI is InChI=1S/C16H14Cl2N2O3/c1-2-13(11-7-9(17)8-12(18)15(11)22)19-20-16(23)10-5-3-4-6-14(10)21/h3-8,21-22H,2H2,1H3,(H,20,23)/b19-13+.